The van der Waals surface area contributed by atoms with Crippen molar-refractivity contribution in [2.24, 2.45) is 5.92 Å². The smallest absolute Gasteiger partial charge is 0.303 e. The molecule has 2 rings (SSSR count). The maximum Gasteiger partial charge on any atom is 0.303 e. The summed E-state index contributed by atoms with van der Waals surface area (Å²) in [6.45, 7) is 0.619. The summed E-state index contributed by atoms with van der Waals surface area (Å²) in [7, 11) is -3.64. The monoisotopic (exact) mass is 357 g/mol. The molecule has 2 heterocycles. The summed E-state index contributed by atoms with van der Waals surface area (Å²) in [5.74, 6) is -0.820. The predicted molar refractivity (Wildman–Crippen MR) is 78.1 cm³/mol. The quantitative estimate of drug-likeness (QED) is 0.898. The summed E-state index contributed by atoms with van der Waals surface area (Å²) in [6, 6.07) is 1.35. The molecule has 0 amide bonds. The molecule has 0 aromatic carbocycles. The zero-order valence-corrected chi connectivity index (χ0v) is 13.5. The average Bonchev–Trinajstić information content (AvgIpc) is 2.69. The maximum atomic E-state index is 12.4. The molecule has 1 aliphatic rings. The van der Waals surface area contributed by atoms with E-state index in [2.05, 4.69) is 0 Å². The summed E-state index contributed by atoms with van der Waals surface area (Å²) in [4.78, 5) is 10.7. The fourth-order valence-electron chi connectivity index (χ4n) is 2.24. The topological polar surface area (TPSA) is 74.7 Å². The Bertz CT molecular complexity index is 606. The Hall–Kier alpha value is -0.340. The number of carbonyl (C=O) groups is 1. The van der Waals surface area contributed by atoms with Gasteiger partial charge in [0.25, 0.3) is 0 Å². The number of hydrogen-bond acceptors (Lipinski definition) is 4. The highest BCUT2D eigenvalue weighted by atomic mass is 35.5. The van der Waals surface area contributed by atoms with Crippen molar-refractivity contribution in [3.63, 3.8) is 0 Å². The van der Waals surface area contributed by atoms with Gasteiger partial charge in [0.2, 0.25) is 10.0 Å². The average molecular weight is 358 g/mol. The molecule has 1 N–H and O–H groups in total. The van der Waals surface area contributed by atoms with Gasteiger partial charge in [-0.1, -0.05) is 23.2 Å². The third-order valence-corrected chi connectivity index (χ3v) is 6.93. The molecular formula is C11H13Cl2NO4S2. The summed E-state index contributed by atoms with van der Waals surface area (Å²) in [6.07, 6.45) is 1.17. The van der Waals surface area contributed by atoms with E-state index >= 15 is 0 Å². The van der Waals surface area contributed by atoms with Crippen molar-refractivity contribution < 1.29 is 18.3 Å². The van der Waals surface area contributed by atoms with Crippen molar-refractivity contribution in [3.05, 3.63) is 14.7 Å². The van der Waals surface area contributed by atoms with Gasteiger partial charge < -0.3 is 5.11 Å². The fraction of sp³-hybridized carbons (Fsp3) is 0.545. The number of hydrogen-bond donors (Lipinski definition) is 1. The Labute approximate surface area is 131 Å². The molecule has 1 aliphatic heterocycles. The summed E-state index contributed by atoms with van der Waals surface area (Å²) in [5, 5.41) is 8.75. The number of rotatable bonds is 4. The van der Waals surface area contributed by atoms with Gasteiger partial charge in [0.1, 0.15) is 9.23 Å². The molecule has 0 saturated carbocycles. The molecule has 1 fully saturated rings. The van der Waals surface area contributed by atoms with Gasteiger partial charge in [0, 0.05) is 19.5 Å². The molecule has 0 aliphatic carbocycles. The summed E-state index contributed by atoms with van der Waals surface area (Å²) in [5.41, 5.74) is 0. The largest absolute Gasteiger partial charge is 0.481 e. The molecule has 1 aromatic rings. The van der Waals surface area contributed by atoms with Crippen LogP contribution in [0.3, 0.4) is 0 Å². The number of carboxylic acid groups (broad SMARTS) is 1. The van der Waals surface area contributed by atoms with E-state index in [1.807, 2.05) is 0 Å². The number of halogens is 2. The Balaban J connectivity index is 2.10. The number of sulfonamides is 1. The first-order chi connectivity index (χ1) is 9.30. The predicted octanol–water partition coefficient (Wildman–Crippen LogP) is 2.93. The second-order valence-electron chi connectivity index (χ2n) is 4.63. The minimum absolute atomic E-state index is 0.0282. The van der Waals surface area contributed by atoms with Gasteiger partial charge in [0.05, 0.1) is 4.34 Å². The van der Waals surface area contributed by atoms with Crippen molar-refractivity contribution in [2.75, 3.05) is 13.1 Å². The third-order valence-electron chi connectivity index (χ3n) is 3.28. The second-order valence-corrected chi connectivity index (χ2v) is 8.83. The number of nitrogens with zero attached hydrogens (tertiary/aromatic N) is 1. The van der Waals surface area contributed by atoms with Crippen LogP contribution in [0.15, 0.2) is 11.0 Å². The highest BCUT2D eigenvalue weighted by Crippen LogP contribution is 2.36. The molecule has 0 spiro atoms. The van der Waals surface area contributed by atoms with Crippen LogP contribution in [-0.2, 0) is 14.8 Å². The Morgan fingerprint density at radius 3 is 2.45 bits per heavy atom. The fourth-order valence-corrected chi connectivity index (χ4v) is 5.82. The molecule has 0 unspecified atom stereocenters. The van der Waals surface area contributed by atoms with E-state index in [0.29, 0.717) is 30.3 Å². The lowest BCUT2D eigenvalue weighted by atomic mass is 9.95. The van der Waals surface area contributed by atoms with E-state index in [9.17, 15) is 13.2 Å². The summed E-state index contributed by atoms with van der Waals surface area (Å²) < 4.78 is 26.7. The highest BCUT2D eigenvalue weighted by Gasteiger charge is 2.32. The van der Waals surface area contributed by atoms with E-state index < -0.39 is 16.0 Å². The van der Waals surface area contributed by atoms with Crippen LogP contribution in [0.25, 0.3) is 0 Å². The van der Waals surface area contributed by atoms with E-state index in [1.165, 1.54) is 10.4 Å². The van der Waals surface area contributed by atoms with E-state index in [1.54, 1.807) is 0 Å². The molecule has 20 heavy (non-hydrogen) atoms. The molecular weight excluding hydrogens is 345 g/mol. The molecule has 5 nitrogen and oxygen atoms in total. The van der Waals surface area contributed by atoms with Crippen molar-refractivity contribution in [3.8, 4) is 0 Å². The number of piperidine rings is 1. The van der Waals surface area contributed by atoms with Crippen LogP contribution >= 0.6 is 34.5 Å². The van der Waals surface area contributed by atoms with Crippen molar-refractivity contribution in [1.29, 1.82) is 0 Å². The van der Waals surface area contributed by atoms with Gasteiger partial charge in [-0.05, 0) is 24.8 Å². The lowest BCUT2D eigenvalue weighted by Gasteiger charge is -2.30. The third kappa shape index (κ3) is 3.46. The summed E-state index contributed by atoms with van der Waals surface area (Å²) >= 11 is 12.7. The minimum atomic E-state index is -3.64. The minimum Gasteiger partial charge on any atom is -0.481 e. The number of carboxylic acids is 1. The van der Waals surface area contributed by atoms with Crippen LogP contribution in [-0.4, -0.2) is 36.9 Å². The zero-order valence-electron chi connectivity index (χ0n) is 10.4. The van der Waals surface area contributed by atoms with Crippen molar-refractivity contribution in [2.45, 2.75) is 24.2 Å². The maximum absolute atomic E-state index is 12.4. The second kappa shape index (κ2) is 6.19. The van der Waals surface area contributed by atoms with Crippen molar-refractivity contribution in [1.82, 2.24) is 4.31 Å². The molecule has 112 valence electrons. The molecule has 0 atom stereocenters. The van der Waals surface area contributed by atoms with E-state index in [0.717, 1.165) is 11.3 Å². The normalized spacial score (nSPS) is 18.3. The first-order valence-electron chi connectivity index (χ1n) is 5.97. The standard InChI is InChI=1S/C11H13Cl2NO4S2/c12-9-6-8(11(13)19-9)20(17,18)14-3-1-7(2-4-14)5-10(15)16/h6-7H,1-5H2,(H,15,16). The lowest BCUT2D eigenvalue weighted by Crippen LogP contribution is -2.38. The van der Waals surface area contributed by atoms with E-state index in [-0.39, 0.29) is 21.6 Å². The van der Waals surface area contributed by atoms with Crippen LogP contribution in [0.2, 0.25) is 8.67 Å². The molecule has 1 saturated heterocycles. The molecule has 1 aromatic heterocycles. The molecule has 9 heteroatoms. The van der Waals surface area contributed by atoms with Crippen LogP contribution in [0.4, 0.5) is 0 Å². The van der Waals surface area contributed by atoms with Crippen molar-refractivity contribution >= 4 is 50.5 Å². The number of aliphatic carboxylic acids is 1. The molecule has 0 bridgehead atoms. The van der Waals surface area contributed by atoms with Gasteiger partial charge in [-0.25, -0.2) is 8.42 Å². The first-order valence-corrected chi connectivity index (χ1v) is 8.98. The molecule has 0 radical (unpaired) electrons. The van der Waals surface area contributed by atoms with Gasteiger partial charge in [-0.15, -0.1) is 11.3 Å². The Morgan fingerprint density at radius 2 is 2.00 bits per heavy atom. The SMILES string of the molecule is O=C(O)CC1CCN(S(=O)(=O)c2cc(Cl)sc2Cl)CC1. The van der Waals surface area contributed by atoms with Crippen LogP contribution in [0, 0.1) is 5.92 Å². The Morgan fingerprint density at radius 1 is 1.40 bits per heavy atom. The van der Waals surface area contributed by atoms with Gasteiger partial charge in [0.15, 0.2) is 0 Å². The highest BCUT2D eigenvalue weighted by molar-refractivity contribution is 7.89. The van der Waals surface area contributed by atoms with Gasteiger partial charge in [-0.2, -0.15) is 4.31 Å². The van der Waals surface area contributed by atoms with Gasteiger partial charge >= 0.3 is 5.97 Å². The Kier molecular flexibility index (Phi) is 4.96. The number of thiophene rings is 1. The lowest BCUT2D eigenvalue weighted by molar-refractivity contribution is -0.138. The van der Waals surface area contributed by atoms with Crippen LogP contribution in [0.5, 0.6) is 0 Å². The van der Waals surface area contributed by atoms with E-state index in [4.69, 9.17) is 28.3 Å². The zero-order chi connectivity index (χ0) is 14.9. The van der Waals surface area contributed by atoms with Crippen LogP contribution in [0.1, 0.15) is 19.3 Å². The van der Waals surface area contributed by atoms with Crippen LogP contribution < -0.4 is 0 Å². The van der Waals surface area contributed by atoms with Gasteiger partial charge in [-0.3, -0.25) is 4.79 Å². The first kappa shape index (κ1) is 16.0.